The van der Waals surface area contributed by atoms with Gasteiger partial charge in [0, 0.05) is 0 Å². The first-order chi connectivity index (χ1) is 6.09. The maximum Gasteiger partial charge on any atom is 0.123 e. The van der Waals surface area contributed by atoms with E-state index in [9.17, 15) is 4.39 Å². The number of nitrogens with two attached hydrogens (primary N) is 1. The number of hydrogen-bond donors (Lipinski definition) is 2. The molecule has 1 unspecified atom stereocenters. The lowest BCUT2D eigenvalue weighted by Gasteiger charge is -2.09. The normalized spacial score (nSPS) is 12.5. The molecule has 0 aliphatic rings. The van der Waals surface area contributed by atoms with Gasteiger partial charge in [0.25, 0.3) is 0 Å². The molecular weight excluding hydrogens is 169 g/mol. The highest BCUT2D eigenvalue weighted by Gasteiger charge is 2.06. The van der Waals surface area contributed by atoms with Crippen LogP contribution < -0.4 is 5.73 Å². The van der Waals surface area contributed by atoms with Crippen LogP contribution in [-0.4, -0.2) is 11.1 Å². The van der Waals surface area contributed by atoms with Crippen molar-refractivity contribution in [1.82, 2.24) is 0 Å². The van der Waals surface area contributed by atoms with Gasteiger partial charge in [0.05, 0.1) is 6.04 Å². The number of halogens is 1. The van der Waals surface area contributed by atoms with E-state index in [-0.39, 0.29) is 11.6 Å². The summed E-state index contributed by atoms with van der Waals surface area (Å²) in [6, 6.07) is 5.52. The van der Waals surface area contributed by atoms with Crippen LogP contribution in [0, 0.1) is 5.82 Å². The number of rotatable bonds is 3. The molecule has 0 amide bonds. The van der Waals surface area contributed by atoms with E-state index in [2.05, 4.69) is 6.58 Å². The van der Waals surface area contributed by atoms with Crippen molar-refractivity contribution in [3.63, 3.8) is 0 Å². The Morgan fingerprint density at radius 1 is 1.46 bits per heavy atom. The predicted molar refractivity (Wildman–Crippen MR) is 49.8 cm³/mol. The van der Waals surface area contributed by atoms with Crippen LogP contribution in [0.5, 0.6) is 0 Å². The first-order valence-corrected chi connectivity index (χ1v) is 3.97. The summed E-state index contributed by atoms with van der Waals surface area (Å²) in [5, 5.41) is 8.94. The predicted octanol–water partition coefficient (Wildman–Crippen LogP) is 1.77. The third kappa shape index (κ3) is 2.87. The molecule has 1 rings (SSSR count). The molecule has 1 aromatic rings. The molecule has 3 heteroatoms. The number of aliphatic hydroxyl groups excluding tert-OH is 1. The molecule has 0 aliphatic carbocycles. The van der Waals surface area contributed by atoms with E-state index in [0.29, 0.717) is 6.42 Å². The molecule has 0 aromatic heterocycles. The second-order valence-electron chi connectivity index (χ2n) is 2.93. The highest BCUT2D eigenvalue weighted by atomic mass is 19.1. The zero-order chi connectivity index (χ0) is 9.84. The Morgan fingerprint density at radius 3 is 2.46 bits per heavy atom. The van der Waals surface area contributed by atoms with Crippen molar-refractivity contribution in [2.45, 2.75) is 12.5 Å². The molecule has 0 heterocycles. The van der Waals surface area contributed by atoms with Crippen molar-refractivity contribution < 1.29 is 9.50 Å². The van der Waals surface area contributed by atoms with E-state index in [0.717, 1.165) is 5.56 Å². The summed E-state index contributed by atoms with van der Waals surface area (Å²) in [5.41, 5.74) is 6.42. The van der Waals surface area contributed by atoms with Gasteiger partial charge in [0.15, 0.2) is 0 Å². The summed E-state index contributed by atoms with van der Waals surface area (Å²) in [5.74, 6) is -0.329. The van der Waals surface area contributed by atoms with Gasteiger partial charge in [-0.25, -0.2) is 4.39 Å². The van der Waals surface area contributed by atoms with Crippen LogP contribution in [0.1, 0.15) is 5.56 Å². The van der Waals surface area contributed by atoms with Gasteiger partial charge < -0.3 is 10.8 Å². The summed E-state index contributed by atoms with van der Waals surface area (Å²) in [7, 11) is 0. The molecule has 0 fully saturated rings. The summed E-state index contributed by atoms with van der Waals surface area (Å²) in [6.07, 6.45) is 0.468. The van der Waals surface area contributed by atoms with Crippen molar-refractivity contribution >= 4 is 0 Å². The fraction of sp³-hybridized carbons (Fsp3) is 0.200. The van der Waals surface area contributed by atoms with E-state index >= 15 is 0 Å². The van der Waals surface area contributed by atoms with Crippen molar-refractivity contribution in [2.75, 3.05) is 0 Å². The number of aliphatic hydroxyl groups is 1. The van der Waals surface area contributed by atoms with E-state index in [1.54, 1.807) is 12.1 Å². The fourth-order valence-corrected chi connectivity index (χ4v) is 0.992. The van der Waals surface area contributed by atoms with Crippen LogP contribution >= 0.6 is 0 Å². The largest absolute Gasteiger partial charge is 0.511 e. The highest BCUT2D eigenvalue weighted by molar-refractivity contribution is 5.18. The smallest absolute Gasteiger partial charge is 0.123 e. The fourth-order valence-electron chi connectivity index (χ4n) is 0.992. The summed E-state index contributed by atoms with van der Waals surface area (Å²) < 4.78 is 12.5. The SMILES string of the molecule is C=C(O)C(N)Cc1ccc(F)cc1. The minimum absolute atomic E-state index is 0.0516. The minimum atomic E-state index is -0.481. The quantitative estimate of drug-likeness (QED) is 0.698. The minimum Gasteiger partial charge on any atom is -0.511 e. The molecular formula is C10H12FNO. The van der Waals surface area contributed by atoms with Crippen molar-refractivity contribution in [3.05, 3.63) is 48.0 Å². The Hall–Kier alpha value is -1.35. The van der Waals surface area contributed by atoms with Gasteiger partial charge >= 0.3 is 0 Å². The van der Waals surface area contributed by atoms with Gasteiger partial charge in [-0.2, -0.15) is 0 Å². The number of benzene rings is 1. The molecule has 0 spiro atoms. The Balaban J connectivity index is 2.64. The van der Waals surface area contributed by atoms with Gasteiger partial charge in [-0.05, 0) is 24.1 Å². The molecule has 0 bridgehead atoms. The molecule has 2 nitrogen and oxygen atoms in total. The Kier molecular flexibility index (Phi) is 3.03. The average molecular weight is 181 g/mol. The lowest BCUT2D eigenvalue weighted by molar-refractivity contribution is 0.368. The third-order valence-electron chi connectivity index (χ3n) is 1.80. The monoisotopic (exact) mass is 181 g/mol. The summed E-state index contributed by atoms with van der Waals surface area (Å²) in [6.45, 7) is 3.33. The van der Waals surface area contributed by atoms with Crippen LogP contribution in [0.15, 0.2) is 36.6 Å². The van der Waals surface area contributed by atoms with E-state index < -0.39 is 6.04 Å². The Morgan fingerprint density at radius 2 is 2.00 bits per heavy atom. The van der Waals surface area contributed by atoms with E-state index in [1.165, 1.54) is 12.1 Å². The molecule has 3 N–H and O–H groups in total. The van der Waals surface area contributed by atoms with Crippen molar-refractivity contribution in [1.29, 1.82) is 0 Å². The highest BCUT2D eigenvalue weighted by Crippen LogP contribution is 2.07. The molecule has 1 atom stereocenters. The third-order valence-corrected chi connectivity index (χ3v) is 1.80. The first-order valence-electron chi connectivity index (χ1n) is 3.97. The standard InChI is InChI=1S/C10H12FNO/c1-7(13)10(12)6-8-2-4-9(11)5-3-8/h2-5,10,13H,1,6,12H2. The summed E-state index contributed by atoms with van der Waals surface area (Å²) in [4.78, 5) is 0. The molecule has 0 aliphatic heterocycles. The summed E-state index contributed by atoms with van der Waals surface area (Å²) >= 11 is 0. The van der Waals surface area contributed by atoms with Gasteiger partial charge in [-0.3, -0.25) is 0 Å². The topological polar surface area (TPSA) is 46.2 Å². The molecule has 0 saturated carbocycles. The second-order valence-corrected chi connectivity index (χ2v) is 2.93. The van der Waals surface area contributed by atoms with Crippen LogP contribution in [0.4, 0.5) is 4.39 Å². The van der Waals surface area contributed by atoms with Crippen LogP contribution in [-0.2, 0) is 6.42 Å². The zero-order valence-electron chi connectivity index (χ0n) is 7.20. The molecule has 13 heavy (non-hydrogen) atoms. The molecule has 70 valence electrons. The maximum atomic E-state index is 12.5. The van der Waals surface area contributed by atoms with E-state index in [1.807, 2.05) is 0 Å². The lowest BCUT2D eigenvalue weighted by atomic mass is 10.1. The van der Waals surface area contributed by atoms with Gasteiger partial charge in [-0.15, -0.1) is 0 Å². The zero-order valence-corrected chi connectivity index (χ0v) is 7.20. The van der Waals surface area contributed by atoms with Crippen molar-refractivity contribution in [2.24, 2.45) is 5.73 Å². The lowest BCUT2D eigenvalue weighted by Crippen LogP contribution is -2.24. The van der Waals surface area contributed by atoms with Crippen LogP contribution in [0.3, 0.4) is 0 Å². The Bertz CT molecular complexity index is 294. The first kappa shape index (κ1) is 9.74. The molecule has 1 aromatic carbocycles. The van der Waals surface area contributed by atoms with Crippen molar-refractivity contribution in [3.8, 4) is 0 Å². The average Bonchev–Trinajstić information content (AvgIpc) is 2.08. The molecule has 0 radical (unpaired) electrons. The maximum absolute atomic E-state index is 12.5. The number of hydrogen-bond acceptors (Lipinski definition) is 2. The van der Waals surface area contributed by atoms with Gasteiger partial charge in [0.1, 0.15) is 11.6 Å². The van der Waals surface area contributed by atoms with E-state index in [4.69, 9.17) is 10.8 Å². The Labute approximate surface area is 76.5 Å². The molecule has 0 saturated heterocycles. The second kappa shape index (κ2) is 4.05. The van der Waals surface area contributed by atoms with Gasteiger partial charge in [0.2, 0.25) is 0 Å². The van der Waals surface area contributed by atoms with Crippen LogP contribution in [0.2, 0.25) is 0 Å². The van der Waals surface area contributed by atoms with Gasteiger partial charge in [-0.1, -0.05) is 18.7 Å². The van der Waals surface area contributed by atoms with Crippen LogP contribution in [0.25, 0.3) is 0 Å².